The Morgan fingerprint density at radius 1 is 1.17 bits per heavy atom. The minimum atomic E-state index is -4.40. The molecule has 4 nitrogen and oxygen atoms in total. The van der Waals surface area contributed by atoms with E-state index in [1.807, 2.05) is 0 Å². The van der Waals surface area contributed by atoms with Crippen molar-refractivity contribution in [2.75, 3.05) is 0 Å². The van der Waals surface area contributed by atoms with E-state index in [9.17, 15) is 22.8 Å². The Morgan fingerprint density at radius 3 is 2.48 bits per heavy atom. The first-order chi connectivity index (χ1) is 10.8. The second-order valence-electron chi connectivity index (χ2n) is 5.70. The van der Waals surface area contributed by atoms with Crippen molar-refractivity contribution in [1.82, 2.24) is 5.32 Å². The number of nitrogens with one attached hydrogen (secondary N) is 1. The lowest BCUT2D eigenvalue weighted by Crippen LogP contribution is -2.26. The van der Waals surface area contributed by atoms with Gasteiger partial charge >= 0.3 is 12.1 Å². The summed E-state index contributed by atoms with van der Waals surface area (Å²) < 4.78 is 38.9. The number of unbranched alkanes of at least 4 members (excludes halogenated alkanes) is 1. The molecule has 0 spiro atoms. The summed E-state index contributed by atoms with van der Waals surface area (Å²) in [7, 11) is 0. The molecule has 1 fully saturated rings. The average Bonchev–Trinajstić information content (AvgIpc) is 3.21. The van der Waals surface area contributed by atoms with Gasteiger partial charge in [-0.25, -0.2) is 0 Å². The van der Waals surface area contributed by atoms with Crippen molar-refractivity contribution < 1.29 is 27.9 Å². The van der Waals surface area contributed by atoms with Crippen molar-refractivity contribution in [2.45, 2.75) is 50.2 Å². The zero-order valence-corrected chi connectivity index (χ0v) is 12.4. The molecule has 0 bridgehead atoms. The molecule has 1 saturated carbocycles. The van der Waals surface area contributed by atoms with Gasteiger partial charge < -0.3 is 10.4 Å². The molecule has 2 N–H and O–H groups in total. The lowest BCUT2D eigenvalue weighted by molar-refractivity contribution is -0.138. The predicted molar refractivity (Wildman–Crippen MR) is 76.8 cm³/mol. The standard InChI is InChI=1S/C16H18F3NO3/c17-16(18,19)12-6-2-1-5-10(12)11-9-13(11)20-14(21)7-3-4-8-15(22)23/h1-2,5-6,11,13H,3-4,7-9H2,(H,20,21)(H,22,23). The van der Waals surface area contributed by atoms with Crippen LogP contribution < -0.4 is 5.32 Å². The van der Waals surface area contributed by atoms with Crippen LogP contribution in [0.2, 0.25) is 0 Å². The van der Waals surface area contributed by atoms with E-state index >= 15 is 0 Å². The molecule has 1 aliphatic rings. The number of hydrogen-bond acceptors (Lipinski definition) is 2. The van der Waals surface area contributed by atoms with Gasteiger partial charge in [-0.3, -0.25) is 9.59 Å². The highest BCUT2D eigenvalue weighted by Crippen LogP contribution is 2.46. The molecule has 2 atom stereocenters. The Balaban J connectivity index is 1.84. The second kappa shape index (κ2) is 7.02. The summed E-state index contributed by atoms with van der Waals surface area (Å²) in [6, 6.07) is 5.15. The highest BCUT2D eigenvalue weighted by atomic mass is 19.4. The van der Waals surface area contributed by atoms with Gasteiger partial charge in [0.2, 0.25) is 5.91 Å². The van der Waals surface area contributed by atoms with Crippen molar-refractivity contribution in [1.29, 1.82) is 0 Å². The molecule has 2 unspecified atom stereocenters. The first-order valence-electron chi connectivity index (χ1n) is 7.46. The first-order valence-corrected chi connectivity index (χ1v) is 7.46. The Hall–Kier alpha value is -2.05. The molecule has 1 aromatic carbocycles. The highest BCUT2D eigenvalue weighted by molar-refractivity contribution is 5.77. The molecule has 23 heavy (non-hydrogen) atoms. The summed E-state index contributed by atoms with van der Waals surface area (Å²) in [4.78, 5) is 22.1. The van der Waals surface area contributed by atoms with Crippen LogP contribution in [0.4, 0.5) is 13.2 Å². The van der Waals surface area contributed by atoms with E-state index in [0.29, 0.717) is 19.3 Å². The van der Waals surface area contributed by atoms with E-state index in [2.05, 4.69) is 5.32 Å². The lowest BCUT2D eigenvalue weighted by Gasteiger charge is -2.12. The van der Waals surface area contributed by atoms with E-state index in [0.717, 1.165) is 6.07 Å². The Kier molecular flexibility index (Phi) is 5.28. The number of halogens is 3. The fraction of sp³-hybridized carbons (Fsp3) is 0.500. The van der Waals surface area contributed by atoms with E-state index < -0.39 is 17.7 Å². The molecule has 0 saturated heterocycles. The average molecular weight is 329 g/mol. The number of carbonyl (C=O) groups excluding carboxylic acids is 1. The number of benzene rings is 1. The van der Waals surface area contributed by atoms with Crippen molar-refractivity contribution in [3.8, 4) is 0 Å². The van der Waals surface area contributed by atoms with Gasteiger partial charge in [0.25, 0.3) is 0 Å². The van der Waals surface area contributed by atoms with Crippen molar-refractivity contribution in [3.63, 3.8) is 0 Å². The predicted octanol–water partition coefficient (Wildman–Crippen LogP) is 3.32. The molecule has 0 radical (unpaired) electrons. The van der Waals surface area contributed by atoms with Crippen LogP contribution >= 0.6 is 0 Å². The lowest BCUT2D eigenvalue weighted by atomic mass is 10.0. The zero-order valence-electron chi connectivity index (χ0n) is 12.4. The summed E-state index contributed by atoms with van der Waals surface area (Å²) in [6.45, 7) is 0. The maximum Gasteiger partial charge on any atom is 0.416 e. The van der Waals surface area contributed by atoms with Gasteiger partial charge in [0.15, 0.2) is 0 Å². The Morgan fingerprint density at radius 2 is 1.83 bits per heavy atom. The molecule has 1 amide bonds. The number of carboxylic acid groups (broad SMARTS) is 1. The topological polar surface area (TPSA) is 66.4 Å². The number of carbonyl (C=O) groups is 2. The number of alkyl halides is 3. The fourth-order valence-electron chi connectivity index (χ4n) is 2.62. The number of amides is 1. The summed E-state index contributed by atoms with van der Waals surface area (Å²) in [5.41, 5.74) is -0.431. The SMILES string of the molecule is O=C(O)CCCCC(=O)NC1CC1c1ccccc1C(F)(F)F. The zero-order chi connectivity index (χ0) is 17.0. The highest BCUT2D eigenvalue weighted by Gasteiger charge is 2.44. The quantitative estimate of drug-likeness (QED) is 0.754. The van der Waals surface area contributed by atoms with Crippen LogP contribution in [0.3, 0.4) is 0 Å². The Bertz CT molecular complexity index is 586. The van der Waals surface area contributed by atoms with E-state index in [4.69, 9.17) is 5.11 Å². The van der Waals surface area contributed by atoms with E-state index in [1.54, 1.807) is 6.07 Å². The fourth-order valence-corrected chi connectivity index (χ4v) is 2.62. The first kappa shape index (κ1) is 17.3. The van der Waals surface area contributed by atoms with Gasteiger partial charge in [0.05, 0.1) is 5.56 Å². The van der Waals surface area contributed by atoms with Gasteiger partial charge in [-0.2, -0.15) is 13.2 Å². The van der Waals surface area contributed by atoms with Crippen LogP contribution in [-0.4, -0.2) is 23.0 Å². The molecule has 2 rings (SSSR count). The summed E-state index contributed by atoms with van der Waals surface area (Å²) in [6.07, 6.45) is -2.84. The largest absolute Gasteiger partial charge is 0.481 e. The number of aliphatic carboxylic acids is 1. The summed E-state index contributed by atoms with van der Waals surface area (Å²) in [5.74, 6) is -1.46. The second-order valence-corrected chi connectivity index (χ2v) is 5.70. The molecular weight excluding hydrogens is 311 g/mol. The third-order valence-electron chi connectivity index (χ3n) is 3.85. The van der Waals surface area contributed by atoms with Gasteiger partial charge in [0, 0.05) is 24.8 Å². The third kappa shape index (κ3) is 4.97. The monoisotopic (exact) mass is 329 g/mol. The van der Waals surface area contributed by atoms with Crippen LogP contribution in [0.15, 0.2) is 24.3 Å². The van der Waals surface area contributed by atoms with Gasteiger partial charge in [0.1, 0.15) is 0 Å². The van der Waals surface area contributed by atoms with Crippen LogP contribution in [-0.2, 0) is 15.8 Å². The van der Waals surface area contributed by atoms with Gasteiger partial charge in [-0.1, -0.05) is 18.2 Å². The smallest absolute Gasteiger partial charge is 0.416 e. The summed E-state index contributed by atoms with van der Waals surface area (Å²) >= 11 is 0. The molecule has 126 valence electrons. The molecule has 0 aliphatic heterocycles. The number of carboxylic acids is 1. The minimum Gasteiger partial charge on any atom is -0.481 e. The third-order valence-corrected chi connectivity index (χ3v) is 3.85. The normalized spacial score (nSPS) is 20.1. The summed E-state index contributed by atoms with van der Waals surface area (Å²) in [5, 5.41) is 11.2. The van der Waals surface area contributed by atoms with Gasteiger partial charge in [-0.15, -0.1) is 0 Å². The molecule has 0 aromatic heterocycles. The van der Waals surface area contributed by atoms with Crippen LogP contribution in [0, 0.1) is 0 Å². The maximum atomic E-state index is 13.0. The molecule has 7 heteroatoms. The molecular formula is C16H18F3NO3. The van der Waals surface area contributed by atoms with Gasteiger partial charge in [-0.05, 0) is 30.9 Å². The van der Waals surface area contributed by atoms with E-state index in [1.165, 1.54) is 12.1 Å². The Labute approximate surface area is 131 Å². The molecule has 1 aromatic rings. The maximum absolute atomic E-state index is 13.0. The minimum absolute atomic E-state index is 0.0122. The van der Waals surface area contributed by atoms with Crippen LogP contribution in [0.5, 0.6) is 0 Å². The van der Waals surface area contributed by atoms with Crippen molar-refractivity contribution in [2.24, 2.45) is 0 Å². The van der Waals surface area contributed by atoms with Crippen molar-refractivity contribution in [3.05, 3.63) is 35.4 Å². The number of rotatable bonds is 7. The van der Waals surface area contributed by atoms with E-state index in [-0.39, 0.29) is 36.3 Å². The van der Waals surface area contributed by atoms with Crippen LogP contribution in [0.25, 0.3) is 0 Å². The molecule has 0 heterocycles. The van der Waals surface area contributed by atoms with Crippen LogP contribution in [0.1, 0.15) is 49.1 Å². The molecule has 1 aliphatic carbocycles. The van der Waals surface area contributed by atoms with Crippen molar-refractivity contribution >= 4 is 11.9 Å². The number of hydrogen-bond donors (Lipinski definition) is 2.